The second kappa shape index (κ2) is 6.14. The van der Waals surface area contributed by atoms with E-state index in [0.717, 1.165) is 0 Å². The molecule has 3 N–H and O–H groups in total. The largest absolute Gasteiger partial charge is 0.481 e. The number of rotatable bonds is 6. The molecule has 0 radical (unpaired) electrons. The summed E-state index contributed by atoms with van der Waals surface area (Å²) in [6.07, 6.45) is 0. The second-order valence-electron chi connectivity index (χ2n) is 4.95. The zero-order chi connectivity index (χ0) is 14.6. The van der Waals surface area contributed by atoms with Crippen LogP contribution >= 0.6 is 0 Å². The summed E-state index contributed by atoms with van der Waals surface area (Å²) in [5.41, 5.74) is -0.738. The van der Waals surface area contributed by atoms with Gasteiger partial charge in [0.05, 0.1) is 5.75 Å². The molecule has 1 atom stereocenters. The standard InChI is InChI=1S/C10H20N2O5S/c1-10(2,3)7(9(14)15)8(13)12-5-6-18(16,17)11-4/h7,11H,5-6H2,1-4H3,(H,12,13)(H,14,15). The summed E-state index contributed by atoms with van der Waals surface area (Å²) in [6, 6.07) is 0. The van der Waals surface area contributed by atoms with Gasteiger partial charge in [0.15, 0.2) is 0 Å². The van der Waals surface area contributed by atoms with E-state index in [0.29, 0.717) is 0 Å². The summed E-state index contributed by atoms with van der Waals surface area (Å²) in [6.45, 7) is 4.78. The van der Waals surface area contributed by atoms with Gasteiger partial charge in [-0.2, -0.15) is 0 Å². The molecule has 0 aromatic heterocycles. The van der Waals surface area contributed by atoms with Gasteiger partial charge in [-0.25, -0.2) is 13.1 Å². The molecule has 0 spiro atoms. The summed E-state index contributed by atoms with van der Waals surface area (Å²) in [5, 5.41) is 11.3. The van der Waals surface area contributed by atoms with E-state index >= 15 is 0 Å². The molecular formula is C10H20N2O5S. The Balaban J connectivity index is 4.53. The van der Waals surface area contributed by atoms with Gasteiger partial charge in [0.25, 0.3) is 0 Å². The SMILES string of the molecule is CNS(=O)(=O)CCNC(=O)C(C(=O)O)C(C)(C)C. The highest BCUT2D eigenvalue weighted by atomic mass is 32.2. The molecule has 18 heavy (non-hydrogen) atoms. The highest BCUT2D eigenvalue weighted by molar-refractivity contribution is 7.89. The number of carboxylic acids is 1. The third-order valence-corrected chi connectivity index (χ3v) is 3.72. The monoisotopic (exact) mass is 280 g/mol. The molecule has 0 heterocycles. The number of aliphatic carboxylic acids is 1. The van der Waals surface area contributed by atoms with Crippen molar-refractivity contribution in [2.75, 3.05) is 19.3 Å². The zero-order valence-corrected chi connectivity index (χ0v) is 11.8. The van der Waals surface area contributed by atoms with E-state index in [4.69, 9.17) is 5.11 Å². The van der Waals surface area contributed by atoms with E-state index in [-0.39, 0.29) is 12.3 Å². The molecule has 0 aliphatic carbocycles. The van der Waals surface area contributed by atoms with Gasteiger partial charge in [0.1, 0.15) is 5.92 Å². The van der Waals surface area contributed by atoms with Crippen LogP contribution in [0.15, 0.2) is 0 Å². The highest BCUT2D eigenvalue weighted by Crippen LogP contribution is 2.26. The first-order valence-electron chi connectivity index (χ1n) is 5.43. The van der Waals surface area contributed by atoms with Gasteiger partial charge in [-0.05, 0) is 12.5 Å². The number of carbonyl (C=O) groups excluding carboxylic acids is 1. The van der Waals surface area contributed by atoms with Crippen LogP contribution in [0.4, 0.5) is 0 Å². The molecule has 0 rings (SSSR count). The Labute approximate surface area is 107 Å². The van der Waals surface area contributed by atoms with Crippen LogP contribution in [0.2, 0.25) is 0 Å². The molecule has 0 aliphatic rings. The predicted molar refractivity (Wildman–Crippen MR) is 66.4 cm³/mol. The summed E-state index contributed by atoms with van der Waals surface area (Å²) in [4.78, 5) is 22.7. The fraction of sp³-hybridized carbons (Fsp3) is 0.800. The lowest BCUT2D eigenvalue weighted by atomic mass is 9.80. The highest BCUT2D eigenvalue weighted by Gasteiger charge is 2.37. The minimum absolute atomic E-state index is 0.123. The lowest BCUT2D eigenvalue weighted by molar-refractivity contribution is -0.151. The van der Waals surface area contributed by atoms with Crippen LogP contribution in [0.3, 0.4) is 0 Å². The van der Waals surface area contributed by atoms with Gasteiger partial charge in [-0.15, -0.1) is 0 Å². The topological polar surface area (TPSA) is 113 Å². The summed E-state index contributed by atoms with van der Waals surface area (Å²) in [5.74, 6) is -3.40. The first-order chi connectivity index (χ1) is 8.01. The third kappa shape index (κ3) is 5.46. The quantitative estimate of drug-likeness (QED) is 0.562. The molecule has 8 heteroatoms. The third-order valence-electron chi connectivity index (χ3n) is 2.36. The van der Waals surface area contributed by atoms with Crippen LogP contribution in [0.25, 0.3) is 0 Å². The molecule has 0 aromatic rings. The Kier molecular flexibility index (Phi) is 5.75. The first-order valence-corrected chi connectivity index (χ1v) is 7.08. The molecule has 106 valence electrons. The molecule has 0 fully saturated rings. The van der Waals surface area contributed by atoms with E-state index in [1.807, 2.05) is 0 Å². The Morgan fingerprint density at radius 2 is 1.78 bits per heavy atom. The van der Waals surface area contributed by atoms with E-state index in [1.54, 1.807) is 20.8 Å². The maximum Gasteiger partial charge on any atom is 0.316 e. The van der Waals surface area contributed by atoms with Crippen molar-refractivity contribution < 1.29 is 23.1 Å². The van der Waals surface area contributed by atoms with Crippen LogP contribution < -0.4 is 10.0 Å². The van der Waals surface area contributed by atoms with Crippen molar-refractivity contribution in [3.8, 4) is 0 Å². The number of sulfonamides is 1. The minimum Gasteiger partial charge on any atom is -0.481 e. The fourth-order valence-electron chi connectivity index (χ4n) is 1.39. The van der Waals surface area contributed by atoms with Crippen molar-refractivity contribution in [3.63, 3.8) is 0 Å². The summed E-state index contributed by atoms with van der Waals surface area (Å²) in [7, 11) is -2.14. The van der Waals surface area contributed by atoms with Gasteiger partial charge in [0.2, 0.25) is 15.9 Å². The number of carbonyl (C=O) groups is 2. The van der Waals surface area contributed by atoms with E-state index in [9.17, 15) is 18.0 Å². The summed E-state index contributed by atoms with van der Waals surface area (Å²) >= 11 is 0. The maximum absolute atomic E-state index is 11.7. The van der Waals surface area contributed by atoms with E-state index < -0.39 is 33.2 Å². The zero-order valence-electron chi connectivity index (χ0n) is 11.0. The average Bonchev–Trinajstić information content (AvgIpc) is 2.14. The second-order valence-corrected chi connectivity index (χ2v) is 7.00. The molecular weight excluding hydrogens is 260 g/mol. The maximum atomic E-state index is 11.7. The van der Waals surface area contributed by atoms with Crippen molar-refractivity contribution in [1.82, 2.24) is 10.0 Å². The normalized spacial score (nSPS) is 14.0. The van der Waals surface area contributed by atoms with Crippen molar-refractivity contribution >= 4 is 21.9 Å². The van der Waals surface area contributed by atoms with Crippen molar-refractivity contribution in [2.24, 2.45) is 11.3 Å². The first kappa shape index (κ1) is 16.9. The Bertz CT molecular complexity index is 410. The Morgan fingerprint density at radius 1 is 1.28 bits per heavy atom. The van der Waals surface area contributed by atoms with Crippen LogP contribution in [-0.4, -0.2) is 44.7 Å². The van der Waals surface area contributed by atoms with Crippen LogP contribution in [0, 0.1) is 11.3 Å². The van der Waals surface area contributed by atoms with E-state index in [1.165, 1.54) is 7.05 Å². The fourth-order valence-corrected chi connectivity index (χ4v) is 1.96. The van der Waals surface area contributed by atoms with Crippen molar-refractivity contribution in [2.45, 2.75) is 20.8 Å². The summed E-state index contributed by atoms with van der Waals surface area (Å²) < 4.78 is 24.3. The van der Waals surface area contributed by atoms with Gasteiger partial charge in [0, 0.05) is 6.54 Å². The number of amides is 1. The molecule has 1 unspecified atom stereocenters. The van der Waals surface area contributed by atoms with E-state index in [2.05, 4.69) is 10.0 Å². The molecule has 0 aromatic carbocycles. The Morgan fingerprint density at radius 3 is 2.11 bits per heavy atom. The van der Waals surface area contributed by atoms with Crippen molar-refractivity contribution in [3.05, 3.63) is 0 Å². The van der Waals surface area contributed by atoms with Gasteiger partial charge in [-0.1, -0.05) is 20.8 Å². The smallest absolute Gasteiger partial charge is 0.316 e. The van der Waals surface area contributed by atoms with Crippen LogP contribution in [0.5, 0.6) is 0 Å². The molecule has 0 saturated carbocycles. The number of nitrogens with one attached hydrogen (secondary N) is 2. The van der Waals surface area contributed by atoms with Gasteiger partial charge >= 0.3 is 5.97 Å². The minimum atomic E-state index is -3.41. The molecule has 0 aliphatic heterocycles. The molecule has 0 saturated heterocycles. The van der Waals surface area contributed by atoms with Gasteiger partial charge < -0.3 is 10.4 Å². The number of carboxylic acid groups (broad SMARTS) is 1. The lowest BCUT2D eigenvalue weighted by Gasteiger charge is -2.25. The Hall–Kier alpha value is -1.15. The molecule has 7 nitrogen and oxygen atoms in total. The van der Waals surface area contributed by atoms with Crippen LogP contribution in [-0.2, 0) is 19.6 Å². The molecule has 0 bridgehead atoms. The molecule has 1 amide bonds. The predicted octanol–water partition coefficient (Wildman–Crippen LogP) is -0.601. The number of hydrogen-bond donors (Lipinski definition) is 3. The number of hydrogen-bond acceptors (Lipinski definition) is 4. The van der Waals surface area contributed by atoms with Crippen LogP contribution in [0.1, 0.15) is 20.8 Å². The van der Waals surface area contributed by atoms with Gasteiger partial charge in [-0.3, -0.25) is 9.59 Å². The average molecular weight is 280 g/mol. The lowest BCUT2D eigenvalue weighted by Crippen LogP contribution is -2.44. The van der Waals surface area contributed by atoms with Crippen molar-refractivity contribution in [1.29, 1.82) is 0 Å².